The fourth-order valence-electron chi connectivity index (χ4n) is 1.43. The zero-order chi connectivity index (χ0) is 12.0. The van der Waals surface area contributed by atoms with E-state index in [-0.39, 0.29) is 12.5 Å². The van der Waals surface area contributed by atoms with Gasteiger partial charge in [0.15, 0.2) is 0 Å². The Morgan fingerprint density at radius 2 is 2.25 bits per heavy atom. The van der Waals surface area contributed by atoms with Crippen LogP contribution in [0.3, 0.4) is 0 Å². The third kappa shape index (κ3) is 3.32. The zero-order valence-electron chi connectivity index (χ0n) is 9.64. The van der Waals surface area contributed by atoms with Crippen molar-refractivity contribution in [2.75, 3.05) is 27.3 Å². The summed E-state index contributed by atoms with van der Waals surface area (Å²) in [7, 11) is 3.29. The second-order valence-electron chi connectivity index (χ2n) is 3.58. The first-order chi connectivity index (χ1) is 7.69. The second kappa shape index (κ2) is 6.25. The number of rotatable bonds is 5. The largest absolute Gasteiger partial charge is 0.395 e. The molecular weight excluding hydrogens is 206 g/mol. The van der Waals surface area contributed by atoms with Crippen LogP contribution < -0.4 is 0 Å². The van der Waals surface area contributed by atoms with Gasteiger partial charge in [-0.3, -0.25) is 4.79 Å². The van der Waals surface area contributed by atoms with Gasteiger partial charge in [0, 0.05) is 26.3 Å². The van der Waals surface area contributed by atoms with E-state index >= 15 is 0 Å². The number of benzene rings is 1. The van der Waals surface area contributed by atoms with E-state index in [9.17, 15) is 4.79 Å². The molecule has 1 rings (SSSR count). The number of methoxy groups -OCH3 is 1. The van der Waals surface area contributed by atoms with Gasteiger partial charge in [0.05, 0.1) is 13.2 Å². The molecule has 1 N–H and O–H groups in total. The standard InChI is InChI=1S/C12H17NO3/c1-13(6-7-14)12(15)11-5-3-4-10(8-11)9-16-2/h3-5,8,14H,6-7,9H2,1-2H3. The SMILES string of the molecule is COCc1cccc(C(=O)N(C)CCO)c1. The molecule has 0 atom stereocenters. The summed E-state index contributed by atoms with van der Waals surface area (Å²) >= 11 is 0. The summed E-state index contributed by atoms with van der Waals surface area (Å²) in [6.45, 7) is 0.804. The Morgan fingerprint density at radius 1 is 1.50 bits per heavy atom. The molecule has 1 aromatic carbocycles. The summed E-state index contributed by atoms with van der Waals surface area (Å²) in [4.78, 5) is 13.4. The van der Waals surface area contributed by atoms with Crippen LogP contribution in [0.15, 0.2) is 24.3 Å². The molecule has 0 unspecified atom stereocenters. The molecule has 0 aliphatic heterocycles. The van der Waals surface area contributed by atoms with Crippen LogP contribution in [-0.2, 0) is 11.3 Å². The van der Waals surface area contributed by atoms with Crippen LogP contribution >= 0.6 is 0 Å². The van der Waals surface area contributed by atoms with Gasteiger partial charge in [-0.15, -0.1) is 0 Å². The Morgan fingerprint density at radius 3 is 2.88 bits per heavy atom. The van der Waals surface area contributed by atoms with Crippen molar-refractivity contribution >= 4 is 5.91 Å². The minimum atomic E-state index is -0.0907. The fourth-order valence-corrected chi connectivity index (χ4v) is 1.43. The van der Waals surface area contributed by atoms with E-state index in [2.05, 4.69) is 0 Å². The van der Waals surface area contributed by atoms with Gasteiger partial charge >= 0.3 is 0 Å². The van der Waals surface area contributed by atoms with Gasteiger partial charge < -0.3 is 14.7 Å². The number of carbonyl (C=O) groups is 1. The Balaban J connectivity index is 2.78. The van der Waals surface area contributed by atoms with Crippen LogP contribution in [0, 0.1) is 0 Å². The number of nitrogens with zero attached hydrogens (tertiary/aromatic N) is 1. The average molecular weight is 223 g/mol. The van der Waals surface area contributed by atoms with Gasteiger partial charge in [-0.2, -0.15) is 0 Å². The van der Waals surface area contributed by atoms with Crippen LogP contribution in [0.1, 0.15) is 15.9 Å². The molecule has 1 aromatic rings. The molecule has 0 heterocycles. The molecule has 1 amide bonds. The summed E-state index contributed by atoms with van der Waals surface area (Å²) in [5.41, 5.74) is 1.58. The number of aliphatic hydroxyl groups excluding tert-OH is 1. The van der Waals surface area contributed by atoms with Gasteiger partial charge in [-0.1, -0.05) is 12.1 Å². The van der Waals surface area contributed by atoms with Crippen molar-refractivity contribution < 1.29 is 14.6 Å². The summed E-state index contributed by atoms with van der Waals surface area (Å²) in [6.07, 6.45) is 0. The monoisotopic (exact) mass is 223 g/mol. The van der Waals surface area contributed by atoms with Crippen LogP contribution in [0.4, 0.5) is 0 Å². The molecule has 0 radical (unpaired) electrons. The topological polar surface area (TPSA) is 49.8 Å². The van der Waals surface area contributed by atoms with E-state index in [1.54, 1.807) is 26.3 Å². The van der Waals surface area contributed by atoms with Crippen LogP contribution in [0.25, 0.3) is 0 Å². The molecule has 0 saturated heterocycles. The molecule has 0 aromatic heterocycles. The average Bonchev–Trinajstić information content (AvgIpc) is 2.29. The Bertz CT molecular complexity index is 352. The van der Waals surface area contributed by atoms with Gasteiger partial charge in [-0.05, 0) is 17.7 Å². The molecule has 0 fully saturated rings. The van der Waals surface area contributed by atoms with E-state index < -0.39 is 0 Å². The summed E-state index contributed by atoms with van der Waals surface area (Å²) in [6, 6.07) is 7.30. The van der Waals surface area contributed by atoms with Crippen molar-refractivity contribution in [3.05, 3.63) is 35.4 Å². The first kappa shape index (κ1) is 12.7. The lowest BCUT2D eigenvalue weighted by Gasteiger charge is -2.15. The Kier molecular flexibility index (Phi) is 4.95. The van der Waals surface area contributed by atoms with Crippen molar-refractivity contribution in [2.24, 2.45) is 0 Å². The van der Waals surface area contributed by atoms with Crippen molar-refractivity contribution in [2.45, 2.75) is 6.61 Å². The molecule has 4 nitrogen and oxygen atoms in total. The number of carbonyl (C=O) groups excluding carboxylic acids is 1. The predicted molar refractivity (Wildman–Crippen MR) is 61.2 cm³/mol. The highest BCUT2D eigenvalue weighted by atomic mass is 16.5. The van der Waals surface area contributed by atoms with E-state index in [4.69, 9.17) is 9.84 Å². The highest BCUT2D eigenvalue weighted by Crippen LogP contribution is 2.08. The number of hydrogen-bond acceptors (Lipinski definition) is 3. The number of aliphatic hydroxyl groups is 1. The quantitative estimate of drug-likeness (QED) is 0.806. The van der Waals surface area contributed by atoms with Crippen LogP contribution in [0.5, 0.6) is 0 Å². The lowest BCUT2D eigenvalue weighted by molar-refractivity contribution is 0.0766. The van der Waals surface area contributed by atoms with E-state index in [1.165, 1.54) is 4.90 Å². The summed E-state index contributed by atoms with van der Waals surface area (Å²) in [5.74, 6) is -0.0907. The third-order valence-corrected chi connectivity index (χ3v) is 2.27. The van der Waals surface area contributed by atoms with Gasteiger partial charge in [-0.25, -0.2) is 0 Å². The summed E-state index contributed by atoms with van der Waals surface area (Å²) in [5, 5.41) is 8.76. The normalized spacial score (nSPS) is 10.2. The highest BCUT2D eigenvalue weighted by molar-refractivity contribution is 5.94. The molecular formula is C12H17NO3. The van der Waals surface area contributed by atoms with Crippen LogP contribution in [-0.4, -0.2) is 43.2 Å². The van der Waals surface area contributed by atoms with Crippen LogP contribution in [0.2, 0.25) is 0 Å². The van der Waals surface area contributed by atoms with Crippen molar-refractivity contribution in [3.63, 3.8) is 0 Å². The summed E-state index contributed by atoms with van der Waals surface area (Å²) < 4.78 is 5.01. The van der Waals surface area contributed by atoms with Crippen molar-refractivity contribution in [1.29, 1.82) is 0 Å². The fraction of sp³-hybridized carbons (Fsp3) is 0.417. The number of likely N-dealkylation sites (N-methyl/N-ethyl adjacent to an activating group) is 1. The molecule has 88 valence electrons. The maximum atomic E-state index is 11.9. The second-order valence-corrected chi connectivity index (χ2v) is 3.58. The molecule has 0 saturated carbocycles. The highest BCUT2D eigenvalue weighted by Gasteiger charge is 2.10. The molecule has 0 bridgehead atoms. The number of ether oxygens (including phenoxy) is 1. The van der Waals surface area contributed by atoms with Gasteiger partial charge in [0.1, 0.15) is 0 Å². The molecule has 0 aliphatic carbocycles. The van der Waals surface area contributed by atoms with E-state index in [0.29, 0.717) is 18.7 Å². The van der Waals surface area contributed by atoms with Crippen molar-refractivity contribution in [3.8, 4) is 0 Å². The first-order valence-corrected chi connectivity index (χ1v) is 5.13. The maximum Gasteiger partial charge on any atom is 0.253 e. The molecule has 16 heavy (non-hydrogen) atoms. The van der Waals surface area contributed by atoms with E-state index in [1.807, 2.05) is 12.1 Å². The first-order valence-electron chi connectivity index (χ1n) is 5.13. The smallest absolute Gasteiger partial charge is 0.253 e. The van der Waals surface area contributed by atoms with Crippen molar-refractivity contribution in [1.82, 2.24) is 4.90 Å². The Hall–Kier alpha value is -1.39. The molecule has 4 heteroatoms. The third-order valence-electron chi connectivity index (χ3n) is 2.27. The zero-order valence-corrected chi connectivity index (χ0v) is 9.64. The predicted octanol–water partition coefficient (Wildman–Crippen LogP) is 0.897. The van der Waals surface area contributed by atoms with E-state index in [0.717, 1.165) is 5.56 Å². The lowest BCUT2D eigenvalue weighted by Crippen LogP contribution is -2.29. The molecule has 0 spiro atoms. The van der Waals surface area contributed by atoms with Gasteiger partial charge in [0.25, 0.3) is 5.91 Å². The minimum absolute atomic E-state index is 0.0278. The minimum Gasteiger partial charge on any atom is -0.395 e. The maximum absolute atomic E-state index is 11.9. The number of hydrogen-bond donors (Lipinski definition) is 1. The Labute approximate surface area is 95.5 Å². The lowest BCUT2D eigenvalue weighted by atomic mass is 10.1. The number of amides is 1. The molecule has 0 aliphatic rings. The van der Waals surface area contributed by atoms with Gasteiger partial charge in [0.2, 0.25) is 0 Å².